The van der Waals surface area contributed by atoms with Crippen LogP contribution in [-0.2, 0) is 19.3 Å². The van der Waals surface area contributed by atoms with E-state index in [0.29, 0.717) is 4.47 Å². The fourth-order valence-corrected chi connectivity index (χ4v) is 3.35. The van der Waals surface area contributed by atoms with Crippen molar-refractivity contribution in [2.45, 2.75) is 31.8 Å². The first kappa shape index (κ1) is 14.7. The van der Waals surface area contributed by atoms with Gasteiger partial charge in [0, 0.05) is 10.9 Å². The van der Waals surface area contributed by atoms with Crippen LogP contribution in [0.2, 0.25) is 0 Å². The molecule has 2 aromatic carbocycles. The van der Waals surface area contributed by atoms with Gasteiger partial charge in [0.05, 0.1) is 11.7 Å². The van der Waals surface area contributed by atoms with Crippen molar-refractivity contribution in [3.05, 3.63) is 68.7 Å². The van der Waals surface area contributed by atoms with Crippen LogP contribution < -0.4 is 0 Å². The van der Waals surface area contributed by atoms with Gasteiger partial charge in [-0.15, -0.1) is 0 Å². The van der Waals surface area contributed by atoms with Crippen molar-refractivity contribution in [2.24, 2.45) is 0 Å². The van der Waals surface area contributed by atoms with Gasteiger partial charge in [-0.1, -0.05) is 34.1 Å². The van der Waals surface area contributed by atoms with E-state index in [0.717, 1.165) is 24.8 Å². The fourth-order valence-electron chi connectivity index (χ4n) is 2.95. The lowest BCUT2D eigenvalue weighted by Gasteiger charge is -2.14. The number of aliphatic hydroxyl groups excluding tert-OH is 1. The zero-order chi connectivity index (χ0) is 15.0. The van der Waals surface area contributed by atoms with E-state index in [4.69, 9.17) is 0 Å². The van der Waals surface area contributed by atoms with Crippen LogP contribution in [0.25, 0.3) is 0 Å². The summed E-state index contributed by atoms with van der Waals surface area (Å²) in [6.07, 6.45) is 2.31. The monoisotopic (exact) mass is 352 g/mol. The molecule has 1 aliphatic carbocycles. The quantitative estimate of drug-likeness (QED) is 0.862. The molecule has 1 N–H and O–H groups in total. The smallest absolute Gasteiger partial charge is 0.133 e. The first-order chi connectivity index (χ1) is 10.0. The van der Waals surface area contributed by atoms with Crippen LogP contribution in [0, 0.1) is 11.6 Å². The van der Waals surface area contributed by atoms with Gasteiger partial charge in [-0.25, -0.2) is 8.78 Å². The summed E-state index contributed by atoms with van der Waals surface area (Å²) in [5, 5.41) is 10.2. The third-order valence-corrected chi connectivity index (χ3v) is 4.43. The number of halogens is 3. The average Bonchev–Trinajstić information content (AvgIpc) is 2.84. The minimum atomic E-state index is -1.18. The molecule has 0 fully saturated rings. The summed E-state index contributed by atoms with van der Waals surface area (Å²) in [4.78, 5) is 0. The van der Waals surface area contributed by atoms with E-state index in [1.807, 2.05) is 12.1 Å². The van der Waals surface area contributed by atoms with Crippen LogP contribution in [0.5, 0.6) is 0 Å². The van der Waals surface area contributed by atoms with Crippen molar-refractivity contribution in [1.82, 2.24) is 0 Å². The van der Waals surface area contributed by atoms with Crippen molar-refractivity contribution >= 4 is 15.9 Å². The third kappa shape index (κ3) is 3.01. The highest BCUT2D eigenvalue weighted by atomic mass is 79.9. The highest BCUT2D eigenvalue weighted by Crippen LogP contribution is 2.29. The Hall–Kier alpha value is -1.26. The predicted molar refractivity (Wildman–Crippen MR) is 81.2 cm³/mol. The minimum Gasteiger partial charge on any atom is -0.388 e. The van der Waals surface area contributed by atoms with Gasteiger partial charge in [0.2, 0.25) is 0 Å². The van der Waals surface area contributed by atoms with Crippen LogP contribution >= 0.6 is 15.9 Å². The molecule has 0 aromatic heterocycles. The number of rotatable bonds is 3. The average molecular weight is 353 g/mol. The van der Waals surface area contributed by atoms with Gasteiger partial charge in [0.25, 0.3) is 0 Å². The lowest BCUT2D eigenvalue weighted by Crippen LogP contribution is -2.08. The number of aliphatic hydroxyl groups is 1. The molecular weight excluding hydrogens is 338 g/mol. The Morgan fingerprint density at radius 3 is 2.43 bits per heavy atom. The Balaban J connectivity index is 1.85. The number of fused-ring (bicyclic) bond motifs is 1. The molecule has 0 saturated carbocycles. The molecule has 0 aliphatic heterocycles. The molecule has 0 spiro atoms. The van der Waals surface area contributed by atoms with Crippen LogP contribution in [0.15, 0.2) is 34.8 Å². The molecular formula is C17H15BrF2O. The maximum absolute atomic E-state index is 13.9. The standard InChI is InChI=1S/C17H15BrF2O/c18-13-8-14(19)17(15(20)9-13)16(21)7-10-4-5-11-2-1-3-12(11)6-10/h4-6,8-9,16,21H,1-3,7H2. The topological polar surface area (TPSA) is 20.2 Å². The maximum Gasteiger partial charge on any atom is 0.133 e. The number of benzene rings is 2. The molecule has 1 aliphatic rings. The Bertz CT molecular complexity index is 661. The maximum atomic E-state index is 13.9. The van der Waals surface area contributed by atoms with Gasteiger partial charge >= 0.3 is 0 Å². The largest absolute Gasteiger partial charge is 0.388 e. The lowest BCUT2D eigenvalue weighted by molar-refractivity contribution is 0.168. The Labute approximate surface area is 130 Å². The molecule has 0 amide bonds. The van der Waals surface area contributed by atoms with Gasteiger partial charge in [-0.2, -0.15) is 0 Å². The summed E-state index contributed by atoms with van der Waals surface area (Å²) < 4.78 is 28.0. The van der Waals surface area contributed by atoms with Crippen LogP contribution in [0.1, 0.15) is 34.8 Å². The number of aryl methyl sites for hydroxylation is 2. The summed E-state index contributed by atoms with van der Waals surface area (Å²) in [7, 11) is 0. The molecule has 1 nitrogen and oxygen atoms in total. The molecule has 4 heteroatoms. The van der Waals surface area contributed by atoms with E-state index >= 15 is 0 Å². The molecule has 1 atom stereocenters. The van der Waals surface area contributed by atoms with Crippen molar-refractivity contribution in [1.29, 1.82) is 0 Å². The first-order valence-corrected chi connectivity index (χ1v) is 7.77. The normalized spacial score (nSPS) is 15.0. The van der Waals surface area contributed by atoms with Crippen molar-refractivity contribution in [2.75, 3.05) is 0 Å². The molecule has 0 bridgehead atoms. The second-order valence-electron chi connectivity index (χ2n) is 5.46. The van der Waals surface area contributed by atoms with Gasteiger partial charge in [0.1, 0.15) is 11.6 Å². The zero-order valence-corrected chi connectivity index (χ0v) is 13.0. The fraction of sp³-hybridized carbons (Fsp3) is 0.294. The Kier molecular flexibility index (Phi) is 4.09. The van der Waals surface area contributed by atoms with E-state index < -0.39 is 17.7 Å². The second-order valence-corrected chi connectivity index (χ2v) is 6.38. The number of hydrogen-bond acceptors (Lipinski definition) is 1. The van der Waals surface area contributed by atoms with E-state index in [9.17, 15) is 13.9 Å². The highest BCUT2D eigenvalue weighted by Gasteiger charge is 2.20. The summed E-state index contributed by atoms with van der Waals surface area (Å²) in [6, 6.07) is 8.37. The molecule has 21 heavy (non-hydrogen) atoms. The Morgan fingerprint density at radius 1 is 1.05 bits per heavy atom. The predicted octanol–water partition coefficient (Wildman–Crippen LogP) is 4.49. The zero-order valence-electron chi connectivity index (χ0n) is 11.4. The van der Waals surface area contributed by atoms with E-state index in [1.165, 1.54) is 23.3 Å². The molecule has 0 heterocycles. The van der Waals surface area contributed by atoms with Crippen molar-refractivity contribution in [3.63, 3.8) is 0 Å². The highest BCUT2D eigenvalue weighted by molar-refractivity contribution is 9.10. The Morgan fingerprint density at radius 2 is 1.71 bits per heavy atom. The number of hydrogen-bond donors (Lipinski definition) is 1. The minimum absolute atomic E-state index is 0.211. The van der Waals surface area contributed by atoms with E-state index in [2.05, 4.69) is 22.0 Å². The van der Waals surface area contributed by atoms with Gasteiger partial charge in [-0.05, 0) is 48.1 Å². The summed E-state index contributed by atoms with van der Waals surface area (Å²) in [5.41, 5.74) is 3.27. The molecule has 1 unspecified atom stereocenters. The van der Waals surface area contributed by atoms with Gasteiger partial charge < -0.3 is 5.11 Å². The van der Waals surface area contributed by atoms with Crippen LogP contribution in [-0.4, -0.2) is 5.11 Å². The van der Waals surface area contributed by atoms with Crippen molar-refractivity contribution < 1.29 is 13.9 Å². The third-order valence-electron chi connectivity index (χ3n) is 3.97. The SMILES string of the molecule is OC(Cc1ccc2c(c1)CCC2)c1c(F)cc(Br)cc1F. The van der Waals surface area contributed by atoms with E-state index in [-0.39, 0.29) is 12.0 Å². The summed E-state index contributed by atoms with van der Waals surface area (Å²) in [5.74, 6) is -1.45. The van der Waals surface area contributed by atoms with Crippen molar-refractivity contribution in [3.8, 4) is 0 Å². The summed E-state index contributed by atoms with van der Waals surface area (Å²) >= 11 is 3.04. The van der Waals surface area contributed by atoms with Gasteiger partial charge in [-0.3, -0.25) is 0 Å². The first-order valence-electron chi connectivity index (χ1n) is 6.98. The molecule has 3 rings (SSSR count). The van der Waals surface area contributed by atoms with E-state index in [1.54, 1.807) is 0 Å². The lowest BCUT2D eigenvalue weighted by atomic mass is 9.98. The van der Waals surface area contributed by atoms with Gasteiger partial charge in [0.15, 0.2) is 0 Å². The molecule has 0 radical (unpaired) electrons. The summed E-state index contributed by atoms with van der Waals surface area (Å²) in [6.45, 7) is 0. The van der Waals surface area contributed by atoms with Crippen LogP contribution in [0.3, 0.4) is 0 Å². The molecule has 2 aromatic rings. The van der Waals surface area contributed by atoms with Crippen LogP contribution in [0.4, 0.5) is 8.78 Å². The second kappa shape index (κ2) is 5.85. The molecule has 110 valence electrons. The molecule has 0 saturated heterocycles.